The van der Waals surface area contributed by atoms with E-state index >= 15 is 0 Å². The number of carbonyl (C=O) groups is 1. The van der Waals surface area contributed by atoms with E-state index in [0.717, 1.165) is 68.5 Å². The number of amides is 1. The topological polar surface area (TPSA) is 70.6 Å². The predicted octanol–water partition coefficient (Wildman–Crippen LogP) is 3.69. The Morgan fingerprint density at radius 1 is 1.22 bits per heavy atom. The molecule has 2 aromatic rings. The van der Waals surface area contributed by atoms with Crippen LogP contribution in [0.3, 0.4) is 0 Å². The van der Waals surface area contributed by atoms with Crippen molar-refractivity contribution in [1.82, 2.24) is 19.8 Å². The molecule has 0 unspecified atom stereocenters. The Labute approximate surface area is 191 Å². The first-order chi connectivity index (χ1) is 15.3. The van der Waals surface area contributed by atoms with Crippen molar-refractivity contribution >= 4 is 11.7 Å². The Bertz CT molecular complexity index is 1020. The van der Waals surface area contributed by atoms with E-state index in [4.69, 9.17) is 14.7 Å². The van der Waals surface area contributed by atoms with Crippen LogP contribution in [0, 0.1) is 20.8 Å². The molecule has 2 aliphatic heterocycles. The summed E-state index contributed by atoms with van der Waals surface area (Å²) in [7, 11) is 3.65. The third-order valence-corrected chi connectivity index (χ3v) is 7.16. The number of hydrogen-bond acceptors (Lipinski definition) is 6. The second-order valence-electron chi connectivity index (χ2n) is 9.06. The second-order valence-corrected chi connectivity index (χ2v) is 9.06. The van der Waals surface area contributed by atoms with Gasteiger partial charge in [0.15, 0.2) is 5.82 Å². The number of rotatable bonds is 5. The number of aromatic nitrogens is 2. The molecule has 0 aliphatic carbocycles. The van der Waals surface area contributed by atoms with E-state index in [0.29, 0.717) is 0 Å². The first-order valence-corrected chi connectivity index (χ1v) is 11.5. The average molecular weight is 438 g/mol. The molecule has 172 valence electrons. The molecule has 1 saturated heterocycles. The Morgan fingerprint density at radius 2 is 2.00 bits per heavy atom. The van der Waals surface area contributed by atoms with E-state index in [9.17, 15) is 4.79 Å². The summed E-state index contributed by atoms with van der Waals surface area (Å²) < 4.78 is 5.54. The standard InChI is InChI=1S/C25H35N5O2/c1-15-12-23(32-6)17(3)16(2)19(15)13-29-11-9-21-20(14-29)24(26-5)28-25(27-21)22-8-7-10-30(22)18(4)31/h12,22H,7-11,13-14H2,1-6H3,(H,26,27,28)/t22-/m1/s1. The van der Waals surface area contributed by atoms with Gasteiger partial charge < -0.3 is 15.0 Å². The van der Waals surface area contributed by atoms with Gasteiger partial charge in [-0.25, -0.2) is 9.97 Å². The molecule has 0 spiro atoms. The highest BCUT2D eigenvalue weighted by Gasteiger charge is 2.32. The quantitative estimate of drug-likeness (QED) is 0.769. The SMILES string of the molecule is CNc1nc([C@H]2CCCN2C(C)=O)nc2c1CN(Cc1c(C)cc(OC)c(C)c1C)CC2. The van der Waals surface area contributed by atoms with Crippen LogP contribution < -0.4 is 10.1 Å². The number of carbonyl (C=O) groups excluding carboxylic acids is 1. The molecule has 7 nitrogen and oxygen atoms in total. The van der Waals surface area contributed by atoms with Crippen molar-refractivity contribution in [2.24, 2.45) is 0 Å². The molecule has 3 heterocycles. The van der Waals surface area contributed by atoms with Crippen molar-refractivity contribution in [1.29, 1.82) is 0 Å². The predicted molar refractivity (Wildman–Crippen MR) is 126 cm³/mol. The summed E-state index contributed by atoms with van der Waals surface area (Å²) in [4.78, 5) is 26.3. The van der Waals surface area contributed by atoms with Gasteiger partial charge in [0, 0.05) is 52.1 Å². The molecule has 0 bridgehead atoms. The lowest BCUT2D eigenvalue weighted by atomic mass is 9.96. The number of benzene rings is 1. The number of hydrogen-bond donors (Lipinski definition) is 1. The van der Waals surface area contributed by atoms with Crippen molar-refractivity contribution in [2.45, 2.75) is 66.1 Å². The van der Waals surface area contributed by atoms with E-state index in [-0.39, 0.29) is 11.9 Å². The van der Waals surface area contributed by atoms with E-state index < -0.39 is 0 Å². The Hall–Kier alpha value is -2.67. The maximum Gasteiger partial charge on any atom is 0.220 e. The number of aryl methyl sites for hydroxylation is 1. The zero-order chi connectivity index (χ0) is 23.0. The average Bonchev–Trinajstić information content (AvgIpc) is 3.28. The van der Waals surface area contributed by atoms with Crippen molar-refractivity contribution in [3.8, 4) is 5.75 Å². The fourth-order valence-corrected chi connectivity index (χ4v) is 5.17. The van der Waals surface area contributed by atoms with Crippen LogP contribution in [0.5, 0.6) is 5.75 Å². The third-order valence-electron chi connectivity index (χ3n) is 7.16. The van der Waals surface area contributed by atoms with Gasteiger partial charge in [-0.05, 0) is 61.9 Å². The molecule has 32 heavy (non-hydrogen) atoms. The zero-order valence-electron chi connectivity index (χ0n) is 20.2. The molecule has 1 fully saturated rings. The highest BCUT2D eigenvalue weighted by atomic mass is 16.5. The fraction of sp³-hybridized carbons (Fsp3) is 0.560. The number of nitrogens with zero attached hydrogens (tertiary/aromatic N) is 4. The lowest BCUT2D eigenvalue weighted by Gasteiger charge is -2.31. The van der Waals surface area contributed by atoms with E-state index in [1.807, 2.05) is 11.9 Å². The van der Waals surface area contributed by atoms with Crippen LogP contribution in [-0.2, 0) is 24.3 Å². The van der Waals surface area contributed by atoms with Gasteiger partial charge in [0.05, 0.1) is 18.8 Å². The number of anilines is 1. The summed E-state index contributed by atoms with van der Waals surface area (Å²) in [6.07, 6.45) is 2.83. The Kier molecular flexibility index (Phi) is 6.38. The number of nitrogens with one attached hydrogen (secondary N) is 1. The minimum Gasteiger partial charge on any atom is -0.496 e. The van der Waals surface area contributed by atoms with Gasteiger partial charge in [0.2, 0.25) is 5.91 Å². The maximum absolute atomic E-state index is 12.0. The number of fused-ring (bicyclic) bond motifs is 1. The largest absolute Gasteiger partial charge is 0.496 e. The van der Waals surface area contributed by atoms with Crippen molar-refractivity contribution in [2.75, 3.05) is 32.6 Å². The summed E-state index contributed by atoms with van der Waals surface area (Å²) in [6, 6.07) is 2.14. The molecule has 0 saturated carbocycles. The van der Waals surface area contributed by atoms with Crippen molar-refractivity contribution in [3.63, 3.8) is 0 Å². The normalized spacial score (nSPS) is 18.6. The van der Waals surface area contributed by atoms with Crippen LogP contribution >= 0.6 is 0 Å². The molecular weight excluding hydrogens is 402 g/mol. The number of likely N-dealkylation sites (tertiary alicyclic amines) is 1. The summed E-state index contributed by atoms with van der Waals surface area (Å²) >= 11 is 0. The minimum atomic E-state index is -0.00416. The molecular formula is C25H35N5O2. The Balaban J connectivity index is 1.60. The molecule has 1 aromatic heterocycles. The molecule has 2 aliphatic rings. The van der Waals surface area contributed by atoms with Crippen molar-refractivity contribution in [3.05, 3.63) is 45.4 Å². The van der Waals surface area contributed by atoms with Gasteiger partial charge in [-0.2, -0.15) is 0 Å². The summed E-state index contributed by atoms with van der Waals surface area (Å²) in [5.74, 6) is 2.74. The van der Waals surface area contributed by atoms with Gasteiger partial charge in [-0.3, -0.25) is 9.69 Å². The van der Waals surface area contributed by atoms with Gasteiger partial charge in [0.1, 0.15) is 11.6 Å². The van der Waals surface area contributed by atoms with Gasteiger partial charge in [0.25, 0.3) is 0 Å². The summed E-state index contributed by atoms with van der Waals surface area (Å²) in [5.41, 5.74) is 7.44. The summed E-state index contributed by atoms with van der Waals surface area (Å²) in [6.45, 7) is 11.6. The van der Waals surface area contributed by atoms with Crippen LogP contribution in [0.25, 0.3) is 0 Å². The molecule has 4 rings (SSSR count). The second kappa shape index (κ2) is 9.06. The van der Waals surface area contributed by atoms with Crippen molar-refractivity contribution < 1.29 is 9.53 Å². The highest BCUT2D eigenvalue weighted by Crippen LogP contribution is 2.34. The fourth-order valence-electron chi connectivity index (χ4n) is 5.17. The minimum absolute atomic E-state index is 0.00416. The third kappa shape index (κ3) is 4.06. The maximum atomic E-state index is 12.0. The summed E-state index contributed by atoms with van der Waals surface area (Å²) in [5, 5.41) is 3.30. The number of methoxy groups -OCH3 is 1. The van der Waals surface area contributed by atoms with E-state index in [2.05, 4.69) is 37.1 Å². The van der Waals surface area contributed by atoms with Crippen LogP contribution in [0.4, 0.5) is 5.82 Å². The van der Waals surface area contributed by atoms with Crippen LogP contribution in [-0.4, -0.2) is 52.9 Å². The molecule has 1 N–H and O–H groups in total. The lowest BCUT2D eigenvalue weighted by Crippen LogP contribution is -2.34. The van der Waals surface area contributed by atoms with E-state index in [1.54, 1.807) is 14.0 Å². The molecule has 0 radical (unpaired) electrons. The van der Waals surface area contributed by atoms with Gasteiger partial charge in [-0.1, -0.05) is 0 Å². The van der Waals surface area contributed by atoms with Crippen LogP contribution in [0.1, 0.15) is 65.1 Å². The molecule has 1 aromatic carbocycles. The van der Waals surface area contributed by atoms with E-state index in [1.165, 1.54) is 27.8 Å². The van der Waals surface area contributed by atoms with Gasteiger partial charge in [-0.15, -0.1) is 0 Å². The van der Waals surface area contributed by atoms with Crippen LogP contribution in [0.2, 0.25) is 0 Å². The van der Waals surface area contributed by atoms with Crippen LogP contribution in [0.15, 0.2) is 6.07 Å². The van der Waals surface area contributed by atoms with Gasteiger partial charge >= 0.3 is 0 Å². The first-order valence-electron chi connectivity index (χ1n) is 11.5. The lowest BCUT2D eigenvalue weighted by molar-refractivity contribution is -0.129. The smallest absolute Gasteiger partial charge is 0.220 e. The highest BCUT2D eigenvalue weighted by molar-refractivity contribution is 5.74. The zero-order valence-corrected chi connectivity index (χ0v) is 20.2. The first kappa shape index (κ1) is 22.5. The number of ether oxygens (including phenoxy) is 1. The molecule has 1 atom stereocenters. The molecule has 1 amide bonds. The monoisotopic (exact) mass is 437 g/mol. The molecule has 7 heteroatoms. The Morgan fingerprint density at radius 3 is 2.69 bits per heavy atom.